The van der Waals surface area contributed by atoms with E-state index in [4.69, 9.17) is 9.47 Å². The molecule has 0 saturated carbocycles. The lowest BCUT2D eigenvalue weighted by Gasteiger charge is -2.23. The second-order valence-electron chi connectivity index (χ2n) is 8.28. The predicted molar refractivity (Wildman–Crippen MR) is 120 cm³/mol. The maximum absolute atomic E-state index is 12.3. The van der Waals surface area contributed by atoms with Gasteiger partial charge < -0.3 is 19.9 Å². The van der Waals surface area contributed by atoms with Crippen LogP contribution in [0.3, 0.4) is 0 Å². The van der Waals surface area contributed by atoms with Crippen molar-refractivity contribution < 1.29 is 24.2 Å². The molecule has 0 fully saturated rings. The highest BCUT2D eigenvalue weighted by molar-refractivity contribution is 5.99. The van der Waals surface area contributed by atoms with Gasteiger partial charge in [0.2, 0.25) is 0 Å². The van der Waals surface area contributed by atoms with Crippen molar-refractivity contribution in [2.45, 2.75) is 38.8 Å². The Morgan fingerprint density at radius 2 is 1.61 bits per heavy atom. The number of benzene rings is 3. The Labute approximate surface area is 181 Å². The van der Waals surface area contributed by atoms with Crippen LogP contribution in [-0.2, 0) is 14.3 Å². The molecule has 6 nitrogen and oxygen atoms in total. The van der Waals surface area contributed by atoms with Gasteiger partial charge in [0, 0.05) is 5.39 Å². The summed E-state index contributed by atoms with van der Waals surface area (Å²) in [5.41, 5.74) is 2.03. The van der Waals surface area contributed by atoms with E-state index in [9.17, 15) is 14.7 Å². The number of hydrogen-bond donors (Lipinski definition) is 2. The number of carbonyl (C=O) groups is 2. The highest BCUT2D eigenvalue weighted by Crippen LogP contribution is 2.34. The number of nitrogens with one attached hydrogen (secondary N) is 1. The standard InChI is InChI=1S/C25H27NO5/c1-25(2,3)31-24(29)26-21(15-23(28)30-4)17-11-9-16(10-12-17)18-13-14-22(27)20-8-6-5-7-19(18)20/h5-14,21,27H,15H2,1-4H3,(H,26,29). The Morgan fingerprint density at radius 1 is 0.968 bits per heavy atom. The molecule has 0 saturated heterocycles. The molecular weight excluding hydrogens is 394 g/mol. The minimum absolute atomic E-state index is 0.0166. The van der Waals surface area contributed by atoms with Gasteiger partial charge in [-0.25, -0.2) is 4.79 Å². The van der Waals surface area contributed by atoms with Crippen LogP contribution < -0.4 is 5.32 Å². The molecule has 3 aromatic rings. The van der Waals surface area contributed by atoms with E-state index in [1.54, 1.807) is 26.8 Å². The van der Waals surface area contributed by atoms with Crippen LogP contribution in [0, 0.1) is 0 Å². The normalized spacial score (nSPS) is 12.3. The average molecular weight is 421 g/mol. The van der Waals surface area contributed by atoms with Crippen molar-refractivity contribution in [3.63, 3.8) is 0 Å². The Kier molecular flexibility index (Phi) is 6.49. The fourth-order valence-electron chi connectivity index (χ4n) is 3.38. The molecule has 0 aliphatic heterocycles. The fourth-order valence-corrected chi connectivity index (χ4v) is 3.38. The van der Waals surface area contributed by atoms with E-state index in [-0.39, 0.29) is 12.2 Å². The molecule has 6 heteroatoms. The average Bonchev–Trinajstić information content (AvgIpc) is 2.72. The summed E-state index contributed by atoms with van der Waals surface area (Å²) >= 11 is 0. The van der Waals surface area contributed by atoms with Crippen LogP contribution in [0.4, 0.5) is 4.79 Å². The summed E-state index contributed by atoms with van der Waals surface area (Å²) in [7, 11) is 1.31. The zero-order valence-electron chi connectivity index (χ0n) is 18.1. The van der Waals surface area contributed by atoms with Crippen LogP contribution in [0.15, 0.2) is 60.7 Å². The lowest BCUT2D eigenvalue weighted by Crippen LogP contribution is -2.35. The van der Waals surface area contributed by atoms with Gasteiger partial charge in [-0.15, -0.1) is 0 Å². The van der Waals surface area contributed by atoms with Gasteiger partial charge in [-0.1, -0.05) is 54.6 Å². The van der Waals surface area contributed by atoms with E-state index in [2.05, 4.69) is 5.32 Å². The Hall–Kier alpha value is -3.54. The first-order chi connectivity index (χ1) is 14.7. The summed E-state index contributed by atoms with van der Waals surface area (Å²) in [5, 5.41) is 14.6. The Bertz CT molecular complexity index is 1080. The Morgan fingerprint density at radius 3 is 2.23 bits per heavy atom. The molecule has 0 bridgehead atoms. The van der Waals surface area contributed by atoms with Gasteiger partial charge >= 0.3 is 12.1 Å². The van der Waals surface area contributed by atoms with Gasteiger partial charge in [-0.3, -0.25) is 4.79 Å². The third kappa shape index (κ3) is 5.54. The number of carbonyl (C=O) groups excluding carboxylic acids is 2. The molecular formula is C25H27NO5. The first kappa shape index (κ1) is 22.2. The maximum Gasteiger partial charge on any atom is 0.408 e. The molecule has 2 N–H and O–H groups in total. The van der Waals surface area contributed by atoms with Gasteiger partial charge in [0.25, 0.3) is 0 Å². The van der Waals surface area contributed by atoms with Crippen LogP contribution in [0.1, 0.15) is 38.8 Å². The Balaban J connectivity index is 1.90. The molecule has 0 aliphatic rings. The zero-order valence-corrected chi connectivity index (χ0v) is 18.1. The largest absolute Gasteiger partial charge is 0.507 e. The summed E-state index contributed by atoms with van der Waals surface area (Å²) < 4.78 is 10.1. The number of aromatic hydroxyl groups is 1. The molecule has 0 aromatic heterocycles. The number of phenols is 1. The monoisotopic (exact) mass is 421 g/mol. The topological polar surface area (TPSA) is 84.9 Å². The van der Waals surface area contributed by atoms with Crippen LogP contribution in [0.5, 0.6) is 5.75 Å². The van der Waals surface area contributed by atoms with Gasteiger partial charge in [-0.05, 0) is 48.9 Å². The number of hydrogen-bond acceptors (Lipinski definition) is 5. The minimum atomic E-state index is -0.649. The quantitative estimate of drug-likeness (QED) is 0.543. The van der Waals surface area contributed by atoms with Crippen molar-refractivity contribution in [1.82, 2.24) is 5.32 Å². The van der Waals surface area contributed by atoms with Crippen LogP contribution in [0.25, 0.3) is 21.9 Å². The molecule has 31 heavy (non-hydrogen) atoms. The fraction of sp³-hybridized carbons (Fsp3) is 0.280. The first-order valence-electron chi connectivity index (χ1n) is 10.1. The third-order valence-electron chi connectivity index (χ3n) is 4.81. The number of methoxy groups -OCH3 is 1. The smallest absolute Gasteiger partial charge is 0.408 e. The number of esters is 1. The van der Waals surface area contributed by atoms with Gasteiger partial charge in [-0.2, -0.15) is 0 Å². The highest BCUT2D eigenvalue weighted by Gasteiger charge is 2.23. The van der Waals surface area contributed by atoms with Crippen LogP contribution in [0.2, 0.25) is 0 Å². The first-order valence-corrected chi connectivity index (χ1v) is 10.1. The molecule has 1 atom stereocenters. The summed E-state index contributed by atoms with van der Waals surface area (Å²) in [4.78, 5) is 24.2. The van der Waals surface area contributed by atoms with Gasteiger partial charge in [0.05, 0.1) is 19.6 Å². The summed E-state index contributed by atoms with van der Waals surface area (Å²) in [6, 6.07) is 18.2. The molecule has 0 spiro atoms. The van der Waals surface area contributed by atoms with Gasteiger partial charge in [0.15, 0.2) is 0 Å². The number of rotatable bonds is 5. The highest BCUT2D eigenvalue weighted by atomic mass is 16.6. The lowest BCUT2D eigenvalue weighted by molar-refractivity contribution is -0.141. The second kappa shape index (κ2) is 9.08. The van der Waals surface area contributed by atoms with Gasteiger partial charge in [0.1, 0.15) is 11.4 Å². The number of ether oxygens (including phenoxy) is 2. The van der Waals surface area contributed by atoms with E-state index in [1.165, 1.54) is 7.11 Å². The van der Waals surface area contributed by atoms with Crippen molar-refractivity contribution in [2.24, 2.45) is 0 Å². The molecule has 1 unspecified atom stereocenters. The van der Waals surface area contributed by atoms with Crippen molar-refractivity contribution in [3.05, 3.63) is 66.2 Å². The number of phenolic OH excluding ortho intramolecular Hbond substituents is 1. The summed E-state index contributed by atoms with van der Waals surface area (Å²) in [5.74, 6) is -0.203. The van der Waals surface area contributed by atoms with Crippen molar-refractivity contribution in [2.75, 3.05) is 7.11 Å². The van der Waals surface area contributed by atoms with Crippen molar-refractivity contribution in [1.29, 1.82) is 0 Å². The SMILES string of the molecule is COC(=O)CC(NC(=O)OC(C)(C)C)c1ccc(-c2ccc(O)c3ccccc23)cc1. The molecule has 0 aliphatic carbocycles. The molecule has 0 radical (unpaired) electrons. The van der Waals surface area contributed by atoms with Crippen LogP contribution in [-0.4, -0.2) is 29.9 Å². The van der Waals surface area contributed by atoms with E-state index in [1.807, 2.05) is 54.6 Å². The van der Waals surface area contributed by atoms with E-state index >= 15 is 0 Å². The molecule has 1 amide bonds. The number of alkyl carbamates (subject to hydrolysis) is 1. The number of amides is 1. The minimum Gasteiger partial charge on any atom is -0.507 e. The molecule has 3 aromatic carbocycles. The molecule has 162 valence electrons. The predicted octanol–water partition coefficient (Wildman–Crippen LogP) is 5.34. The summed E-state index contributed by atoms with van der Waals surface area (Å²) in [6.07, 6.45) is -0.618. The number of fused-ring (bicyclic) bond motifs is 1. The van der Waals surface area contributed by atoms with Crippen molar-refractivity contribution >= 4 is 22.8 Å². The molecule has 0 heterocycles. The lowest BCUT2D eigenvalue weighted by atomic mass is 9.95. The zero-order chi connectivity index (χ0) is 22.6. The maximum atomic E-state index is 12.3. The van der Waals surface area contributed by atoms with E-state index in [0.717, 1.165) is 27.5 Å². The van der Waals surface area contributed by atoms with E-state index < -0.39 is 23.7 Å². The summed E-state index contributed by atoms with van der Waals surface area (Å²) in [6.45, 7) is 5.33. The molecule has 3 rings (SSSR count). The van der Waals surface area contributed by atoms with Crippen molar-refractivity contribution in [3.8, 4) is 16.9 Å². The third-order valence-corrected chi connectivity index (χ3v) is 4.81. The van der Waals surface area contributed by atoms with E-state index in [0.29, 0.717) is 0 Å². The second-order valence-corrected chi connectivity index (χ2v) is 8.28. The van der Waals surface area contributed by atoms with Crippen LogP contribution >= 0.6 is 0 Å².